The summed E-state index contributed by atoms with van der Waals surface area (Å²) in [6.45, 7) is 5.33. The van der Waals surface area contributed by atoms with E-state index in [1.165, 1.54) is 12.5 Å². The maximum absolute atomic E-state index is 13.0. The van der Waals surface area contributed by atoms with Crippen molar-refractivity contribution in [1.29, 1.82) is 0 Å². The second-order valence-electron chi connectivity index (χ2n) is 7.20. The molecule has 0 N–H and O–H groups in total. The Morgan fingerprint density at radius 1 is 1.18 bits per heavy atom. The zero-order valence-corrected chi connectivity index (χ0v) is 16.8. The van der Waals surface area contributed by atoms with Gasteiger partial charge in [-0.2, -0.15) is 0 Å². The number of hydrogen-bond acceptors (Lipinski definition) is 7. The number of benzene rings is 1. The average molecular weight is 400 g/mol. The summed E-state index contributed by atoms with van der Waals surface area (Å²) >= 11 is 1.08. The number of esters is 2. The maximum atomic E-state index is 13.0. The van der Waals surface area contributed by atoms with Crippen molar-refractivity contribution in [3.8, 4) is 0 Å². The van der Waals surface area contributed by atoms with Crippen LogP contribution < -0.4 is 0 Å². The van der Waals surface area contributed by atoms with E-state index in [2.05, 4.69) is 9.72 Å². The largest absolute Gasteiger partial charge is 0.464 e. The molecule has 0 spiro atoms. The van der Waals surface area contributed by atoms with Gasteiger partial charge in [-0.1, -0.05) is 18.2 Å². The number of fused-ring (bicyclic) bond motifs is 1. The molecule has 2 heterocycles. The van der Waals surface area contributed by atoms with Gasteiger partial charge >= 0.3 is 11.9 Å². The molecule has 0 aliphatic carbocycles. The Morgan fingerprint density at radius 2 is 1.89 bits per heavy atom. The van der Waals surface area contributed by atoms with E-state index in [1.807, 2.05) is 24.3 Å². The molecule has 0 atom stereocenters. The number of nitrogens with zero attached hydrogens (tertiary/aromatic N) is 2. The van der Waals surface area contributed by atoms with Crippen LogP contribution in [-0.2, 0) is 21.0 Å². The Kier molecular flexibility index (Phi) is 5.33. The number of ether oxygens (including phenoxy) is 2. The fraction of sp³-hybridized carbons (Fsp3) is 0.300. The summed E-state index contributed by atoms with van der Waals surface area (Å²) in [5.41, 5.74) is 0.663. The molecule has 2 aromatic heterocycles. The van der Waals surface area contributed by atoms with Crippen molar-refractivity contribution >= 4 is 40.0 Å². The molecule has 3 aromatic rings. The fourth-order valence-corrected chi connectivity index (χ4v) is 3.31. The Labute approximate surface area is 165 Å². The summed E-state index contributed by atoms with van der Waals surface area (Å²) in [6, 6.07) is 7.34. The van der Waals surface area contributed by atoms with Crippen LogP contribution >= 0.6 is 11.3 Å². The van der Waals surface area contributed by atoms with Gasteiger partial charge in [0.15, 0.2) is 17.4 Å². The van der Waals surface area contributed by atoms with E-state index in [1.54, 1.807) is 31.5 Å². The van der Waals surface area contributed by atoms with Gasteiger partial charge in [-0.25, -0.2) is 9.78 Å². The Balaban J connectivity index is 1.94. The molecule has 0 aliphatic rings. The zero-order valence-electron chi connectivity index (χ0n) is 16.0. The highest BCUT2D eigenvalue weighted by atomic mass is 32.1. The summed E-state index contributed by atoms with van der Waals surface area (Å²) < 4.78 is 11.7. The highest BCUT2D eigenvalue weighted by Crippen LogP contribution is 2.26. The minimum absolute atomic E-state index is 0.00479. The highest BCUT2D eigenvalue weighted by molar-refractivity contribution is 7.12. The molecule has 8 heteroatoms. The van der Waals surface area contributed by atoms with Crippen molar-refractivity contribution in [3.63, 3.8) is 0 Å². The number of aromatic nitrogens is 2. The van der Waals surface area contributed by atoms with Crippen LogP contribution in [0.3, 0.4) is 0 Å². The van der Waals surface area contributed by atoms with Gasteiger partial charge in [0.2, 0.25) is 5.78 Å². The number of methoxy groups -OCH3 is 1. The topological polar surface area (TPSA) is 87.5 Å². The smallest absolute Gasteiger partial charge is 0.357 e. The van der Waals surface area contributed by atoms with Crippen LogP contribution in [0, 0.1) is 5.41 Å². The molecular weight excluding hydrogens is 380 g/mol. The van der Waals surface area contributed by atoms with Gasteiger partial charge in [0, 0.05) is 17.0 Å². The molecule has 0 fully saturated rings. The maximum Gasteiger partial charge on any atom is 0.357 e. The second kappa shape index (κ2) is 7.55. The van der Waals surface area contributed by atoms with Gasteiger partial charge in [0.25, 0.3) is 0 Å². The Hall–Kier alpha value is -3.00. The molecule has 1 aromatic carbocycles. The number of para-hydroxylation sites is 1. The quantitative estimate of drug-likeness (QED) is 0.480. The molecular formula is C20H20N2O5S. The molecule has 0 saturated heterocycles. The van der Waals surface area contributed by atoms with E-state index >= 15 is 0 Å². The van der Waals surface area contributed by atoms with Crippen molar-refractivity contribution < 1.29 is 23.9 Å². The predicted molar refractivity (Wildman–Crippen MR) is 104 cm³/mol. The van der Waals surface area contributed by atoms with E-state index < -0.39 is 11.4 Å². The molecule has 0 amide bonds. The first kappa shape index (κ1) is 19.8. The van der Waals surface area contributed by atoms with Crippen LogP contribution in [0.5, 0.6) is 0 Å². The third-order valence-electron chi connectivity index (χ3n) is 4.07. The third-order valence-corrected chi connectivity index (χ3v) is 4.91. The monoisotopic (exact) mass is 400 g/mol. The van der Waals surface area contributed by atoms with Crippen LogP contribution in [0.2, 0.25) is 0 Å². The molecule has 0 radical (unpaired) electrons. The van der Waals surface area contributed by atoms with E-state index in [-0.39, 0.29) is 29.2 Å². The van der Waals surface area contributed by atoms with E-state index in [0.29, 0.717) is 10.9 Å². The minimum atomic E-state index is -0.618. The number of ketones is 1. The Morgan fingerprint density at radius 3 is 2.57 bits per heavy atom. The Bertz CT molecular complexity index is 1060. The van der Waals surface area contributed by atoms with E-state index in [4.69, 9.17) is 4.74 Å². The van der Waals surface area contributed by atoms with Crippen LogP contribution in [0.15, 0.2) is 35.8 Å². The summed E-state index contributed by atoms with van der Waals surface area (Å²) in [5.74, 6) is -1.23. The van der Waals surface area contributed by atoms with Crippen LogP contribution in [0.4, 0.5) is 0 Å². The lowest BCUT2D eigenvalue weighted by Crippen LogP contribution is -2.23. The molecule has 0 aliphatic heterocycles. The van der Waals surface area contributed by atoms with Crippen molar-refractivity contribution in [2.45, 2.75) is 27.5 Å². The van der Waals surface area contributed by atoms with Crippen molar-refractivity contribution in [2.24, 2.45) is 5.41 Å². The first-order chi connectivity index (χ1) is 13.2. The molecule has 0 bridgehead atoms. The lowest BCUT2D eigenvalue weighted by Gasteiger charge is -2.17. The van der Waals surface area contributed by atoms with Crippen LogP contribution in [0.1, 0.15) is 46.6 Å². The summed E-state index contributed by atoms with van der Waals surface area (Å²) in [6.07, 6.45) is 1.64. The van der Waals surface area contributed by atoms with Crippen molar-refractivity contribution in [1.82, 2.24) is 9.55 Å². The first-order valence-electron chi connectivity index (χ1n) is 8.56. The number of carbonyl (C=O) groups excluding carboxylic acids is 3. The van der Waals surface area contributed by atoms with Gasteiger partial charge in [-0.3, -0.25) is 9.59 Å². The van der Waals surface area contributed by atoms with Gasteiger partial charge in [0.1, 0.15) is 0 Å². The number of hydrogen-bond donors (Lipinski definition) is 0. The molecule has 146 valence electrons. The number of rotatable bonds is 5. The van der Waals surface area contributed by atoms with Gasteiger partial charge in [-0.15, -0.1) is 11.3 Å². The summed E-state index contributed by atoms with van der Waals surface area (Å²) in [7, 11) is 1.26. The van der Waals surface area contributed by atoms with E-state index in [0.717, 1.165) is 16.9 Å². The summed E-state index contributed by atoms with van der Waals surface area (Å²) in [5, 5.41) is 2.40. The third kappa shape index (κ3) is 3.82. The first-order valence-corrected chi connectivity index (χ1v) is 9.44. The normalized spacial score (nSPS) is 11.4. The van der Waals surface area contributed by atoms with Gasteiger partial charge in [0.05, 0.1) is 23.6 Å². The van der Waals surface area contributed by atoms with Gasteiger partial charge < -0.3 is 14.0 Å². The van der Waals surface area contributed by atoms with Crippen LogP contribution in [-0.4, -0.2) is 34.4 Å². The van der Waals surface area contributed by atoms with Crippen molar-refractivity contribution in [2.75, 3.05) is 7.11 Å². The number of thiazole rings is 1. The highest BCUT2D eigenvalue weighted by Gasteiger charge is 2.24. The second-order valence-corrected chi connectivity index (χ2v) is 8.06. The SMILES string of the molecule is COC(=O)c1csc(C(=O)c2cn(COC(=O)C(C)(C)C)c3ccccc23)n1. The minimum Gasteiger partial charge on any atom is -0.464 e. The standard InChI is InChI=1S/C20H20N2O5S/c1-20(2,3)19(25)27-11-22-9-13(12-7-5-6-8-15(12)22)16(23)17-21-14(10-28-17)18(24)26-4/h5-10H,11H2,1-4H3. The molecule has 7 nitrogen and oxygen atoms in total. The predicted octanol–water partition coefficient (Wildman–Crippen LogP) is 3.66. The van der Waals surface area contributed by atoms with E-state index in [9.17, 15) is 14.4 Å². The average Bonchev–Trinajstić information content (AvgIpc) is 3.29. The molecule has 28 heavy (non-hydrogen) atoms. The van der Waals surface area contributed by atoms with Crippen molar-refractivity contribution in [3.05, 3.63) is 52.1 Å². The molecule has 0 saturated carbocycles. The van der Waals surface area contributed by atoms with Crippen LogP contribution in [0.25, 0.3) is 10.9 Å². The van der Waals surface area contributed by atoms with Gasteiger partial charge in [-0.05, 0) is 26.8 Å². The molecule has 3 rings (SSSR count). The fourth-order valence-electron chi connectivity index (χ4n) is 2.57. The lowest BCUT2D eigenvalue weighted by molar-refractivity contribution is -0.156. The lowest BCUT2D eigenvalue weighted by atomic mass is 9.98. The molecule has 0 unspecified atom stereocenters. The number of carbonyl (C=O) groups is 3. The summed E-state index contributed by atoms with van der Waals surface area (Å²) in [4.78, 5) is 40.7. The zero-order chi connectivity index (χ0) is 20.5.